The number of imidazole rings is 1. The Kier molecular flexibility index (Phi) is 5.22. The molecule has 0 spiro atoms. The first-order valence-corrected chi connectivity index (χ1v) is 6.98. The molecular formula is C12H21N3O2S. The van der Waals surface area contributed by atoms with Crippen LogP contribution in [0, 0.1) is 0 Å². The fraction of sp³-hybridized carbons (Fsp3) is 0.667. The molecule has 0 amide bonds. The summed E-state index contributed by atoms with van der Waals surface area (Å²) in [6, 6.07) is -0.870. The summed E-state index contributed by atoms with van der Waals surface area (Å²) in [5.41, 5.74) is 6.79. The van der Waals surface area contributed by atoms with Gasteiger partial charge in [-0.1, -0.05) is 6.92 Å². The molecule has 1 aromatic rings. The smallest absolute Gasteiger partial charge is 0.321 e. The van der Waals surface area contributed by atoms with Gasteiger partial charge in [-0.3, -0.25) is 4.79 Å². The number of aliphatic carboxylic acids is 1. The van der Waals surface area contributed by atoms with Crippen molar-refractivity contribution in [2.45, 2.75) is 50.3 Å². The van der Waals surface area contributed by atoms with Gasteiger partial charge < -0.3 is 15.4 Å². The third-order valence-corrected chi connectivity index (χ3v) is 4.31. The van der Waals surface area contributed by atoms with Crippen LogP contribution < -0.4 is 5.73 Å². The monoisotopic (exact) mass is 271 g/mol. The SMILES string of the molecule is CCCn1cncc1CSC(C)(C)[C@H](N)C(=O)O. The molecule has 0 bridgehead atoms. The van der Waals surface area contributed by atoms with Crippen LogP contribution in [0.25, 0.3) is 0 Å². The Bertz CT molecular complexity index is 404. The Morgan fingerprint density at radius 2 is 2.33 bits per heavy atom. The van der Waals surface area contributed by atoms with Crippen molar-refractivity contribution in [3.05, 3.63) is 18.2 Å². The van der Waals surface area contributed by atoms with Crippen LogP contribution in [0.4, 0.5) is 0 Å². The van der Waals surface area contributed by atoms with E-state index in [9.17, 15) is 4.79 Å². The van der Waals surface area contributed by atoms with Crippen LogP contribution in [0.2, 0.25) is 0 Å². The quantitative estimate of drug-likeness (QED) is 0.789. The van der Waals surface area contributed by atoms with Gasteiger partial charge in [0.05, 0.1) is 6.33 Å². The molecule has 0 radical (unpaired) electrons. The Balaban J connectivity index is 2.63. The summed E-state index contributed by atoms with van der Waals surface area (Å²) in [6.07, 6.45) is 4.68. The van der Waals surface area contributed by atoms with E-state index in [0.29, 0.717) is 5.75 Å². The third-order valence-electron chi connectivity index (χ3n) is 2.87. The highest BCUT2D eigenvalue weighted by Crippen LogP contribution is 2.30. The average Bonchev–Trinajstić information content (AvgIpc) is 2.73. The first-order chi connectivity index (χ1) is 8.38. The number of carboxylic acids is 1. The van der Waals surface area contributed by atoms with Crippen LogP contribution in [-0.4, -0.2) is 31.4 Å². The molecular weight excluding hydrogens is 250 g/mol. The third kappa shape index (κ3) is 3.74. The molecule has 0 saturated carbocycles. The van der Waals surface area contributed by atoms with Crippen LogP contribution in [-0.2, 0) is 17.1 Å². The standard InChI is InChI=1S/C12H21N3O2S/c1-4-5-15-8-14-6-9(15)7-18-12(2,3)10(13)11(16)17/h6,8,10H,4-5,7,13H2,1-3H3,(H,16,17)/t10-/m1/s1. The van der Waals surface area contributed by atoms with E-state index in [2.05, 4.69) is 16.5 Å². The van der Waals surface area contributed by atoms with Crippen LogP contribution in [0.5, 0.6) is 0 Å². The average molecular weight is 271 g/mol. The summed E-state index contributed by atoms with van der Waals surface area (Å²) in [5, 5.41) is 8.96. The Labute approximate surface area is 112 Å². The minimum Gasteiger partial charge on any atom is -0.480 e. The van der Waals surface area contributed by atoms with Gasteiger partial charge >= 0.3 is 5.97 Å². The van der Waals surface area contributed by atoms with Crippen molar-refractivity contribution in [1.82, 2.24) is 9.55 Å². The van der Waals surface area contributed by atoms with Crippen molar-refractivity contribution in [1.29, 1.82) is 0 Å². The molecule has 1 atom stereocenters. The van der Waals surface area contributed by atoms with Gasteiger partial charge in [-0.15, -0.1) is 11.8 Å². The lowest BCUT2D eigenvalue weighted by atomic mass is 10.1. The lowest BCUT2D eigenvalue weighted by Gasteiger charge is -2.28. The fourth-order valence-corrected chi connectivity index (χ4v) is 2.60. The predicted octanol–water partition coefficient (Wildman–Crippen LogP) is 1.72. The number of hydrogen-bond donors (Lipinski definition) is 2. The van der Waals surface area contributed by atoms with E-state index in [-0.39, 0.29) is 0 Å². The highest BCUT2D eigenvalue weighted by molar-refractivity contribution is 7.99. The fourth-order valence-electron chi connectivity index (χ4n) is 1.56. The zero-order chi connectivity index (χ0) is 13.8. The molecule has 0 aliphatic rings. The summed E-state index contributed by atoms with van der Waals surface area (Å²) in [5.74, 6) is -0.247. The van der Waals surface area contributed by atoms with E-state index in [1.807, 2.05) is 26.4 Å². The molecule has 0 aliphatic carbocycles. The van der Waals surface area contributed by atoms with E-state index < -0.39 is 16.8 Å². The van der Waals surface area contributed by atoms with Crippen LogP contribution in [0.1, 0.15) is 32.9 Å². The van der Waals surface area contributed by atoms with E-state index >= 15 is 0 Å². The second-order valence-electron chi connectivity index (χ2n) is 4.79. The van der Waals surface area contributed by atoms with E-state index in [4.69, 9.17) is 10.8 Å². The normalized spacial score (nSPS) is 13.6. The Hall–Kier alpha value is -1.01. The first kappa shape index (κ1) is 15.0. The molecule has 0 unspecified atom stereocenters. The Morgan fingerprint density at radius 1 is 1.67 bits per heavy atom. The summed E-state index contributed by atoms with van der Waals surface area (Å²) >= 11 is 1.55. The van der Waals surface area contributed by atoms with Gasteiger partial charge in [0.25, 0.3) is 0 Å². The minimum absolute atomic E-state index is 0.507. The summed E-state index contributed by atoms with van der Waals surface area (Å²) in [7, 11) is 0. The molecule has 102 valence electrons. The molecule has 6 heteroatoms. The largest absolute Gasteiger partial charge is 0.480 e. The van der Waals surface area contributed by atoms with Crippen molar-refractivity contribution in [2.75, 3.05) is 0 Å². The molecule has 1 heterocycles. The number of nitrogens with two attached hydrogens (primary N) is 1. The van der Waals surface area contributed by atoms with Gasteiger partial charge in [0, 0.05) is 28.9 Å². The molecule has 1 rings (SSSR count). The molecule has 1 aromatic heterocycles. The molecule has 0 aromatic carbocycles. The molecule has 0 fully saturated rings. The van der Waals surface area contributed by atoms with Gasteiger partial charge in [-0.05, 0) is 20.3 Å². The van der Waals surface area contributed by atoms with E-state index in [1.165, 1.54) is 0 Å². The number of aromatic nitrogens is 2. The second kappa shape index (κ2) is 6.24. The van der Waals surface area contributed by atoms with Gasteiger partial charge in [-0.2, -0.15) is 0 Å². The number of rotatable bonds is 7. The lowest BCUT2D eigenvalue weighted by Crippen LogP contribution is -2.46. The van der Waals surface area contributed by atoms with Crippen LogP contribution in [0.3, 0.4) is 0 Å². The minimum atomic E-state index is -0.963. The van der Waals surface area contributed by atoms with Crippen molar-refractivity contribution < 1.29 is 9.90 Å². The van der Waals surface area contributed by atoms with Gasteiger partial charge in [0.2, 0.25) is 0 Å². The number of hydrogen-bond acceptors (Lipinski definition) is 4. The van der Waals surface area contributed by atoms with Crippen molar-refractivity contribution in [3.8, 4) is 0 Å². The molecule has 3 N–H and O–H groups in total. The highest BCUT2D eigenvalue weighted by atomic mass is 32.2. The first-order valence-electron chi connectivity index (χ1n) is 5.99. The Morgan fingerprint density at radius 3 is 2.89 bits per heavy atom. The number of thioether (sulfide) groups is 1. The van der Waals surface area contributed by atoms with Crippen molar-refractivity contribution in [2.24, 2.45) is 5.73 Å². The van der Waals surface area contributed by atoms with Gasteiger partial charge in [-0.25, -0.2) is 4.98 Å². The van der Waals surface area contributed by atoms with E-state index in [0.717, 1.165) is 18.7 Å². The lowest BCUT2D eigenvalue weighted by molar-refractivity contribution is -0.139. The van der Waals surface area contributed by atoms with Gasteiger partial charge in [0.1, 0.15) is 6.04 Å². The number of aryl methyl sites for hydroxylation is 1. The molecule has 0 aliphatic heterocycles. The highest BCUT2D eigenvalue weighted by Gasteiger charge is 2.32. The molecule has 5 nitrogen and oxygen atoms in total. The summed E-state index contributed by atoms with van der Waals surface area (Å²) < 4.78 is 1.59. The van der Waals surface area contributed by atoms with Crippen molar-refractivity contribution >= 4 is 17.7 Å². The number of carbonyl (C=O) groups is 1. The summed E-state index contributed by atoms with van der Waals surface area (Å²) in [6.45, 7) is 6.76. The zero-order valence-corrected chi connectivity index (χ0v) is 11.9. The summed E-state index contributed by atoms with van der Waals surface area (Å²) in [4.78, 5) is 15.0. The maximum Gasteiger partial charge on any atom is 0.321 e. The van der Waals surface area contributed by atoms with Crippen molar-refractivity contribution in [3.63, 3.8) is 0 Å². The predicted molar refractivity (Wildman–Crippen MR) is 73.5 cm³/mol. The second-order valence-corrected chi connectivity index (χ2v) is 6.42. The zero-order valence-electron chi connectivity index (χ0n) is 11.1. The molecule has 18 heavy (non-hydrogen) atoms. The topological polar surface area (TPSA) is 81.1 Å². The van der Waals surface area contributed by atoms with Crippen LogP contribution >= 0.6 is 11.8 Å². The number of carboxylic acid groups (broad SMARTS) is 1. The maximum atomic E-state index is 10.9. The van der Waals surface area contributed by atoms with Crippen LogP contribution in [0.15, 0.2) is 12.5 Å². The molecule has 0 saturated heterocycles. The van der Waals surface area contributed by atoms with E-state index in [1.54, 1.807) is 11.8 Å². The maximum absolute atomic E-state index is 10.9. The number of nitrogens with zero attached hydrogens (tertiary/aromatic N) is 2. The van der Waals surface area contributed by atoms with Gasteiger partial charge in [0.15, 0.2) is 0 Å².